The van der Waals surface area contributed by atoms with Crippen molar-refractivity contribution in [2.45, 2.75) is 193 Å². The summed E-state index contributed by atoms with van der Waals surface area (Å²) >= 11 is 0. The maximum Gasteiger partial charge on any atom is 0.437 e. The van der Waals surface area contributed by atoms with E-state index in [4.69, 9.17) is 43.6 Å². The van der Waals surface area contributed by atoms with E-state index in [2.05, 4.69) is 51.9 Å². The smallest absolute Gasteiger partial charge is 0.437 e. The molecule has 4 heterocycles. The summed E-state index contributed by atoms with van der Waals surface area (Å²) in [6.07, 6.45) is -6.09. The molecule has 5 atom stereocenters. The lowest BCUT2D eigenvalue weighted by Gasteiger charge is -2.57. The van der Waals surface area contributed by atoms with Crippen LogP contribution in [0.1, 0.15) is 125 Å². The molecule has 0 aliphatic carbocycles. The van der Waals surface area contributed by atoms with Crippen molar-refractivity contribution in [1.29, 1.82) is 0 Å². The normalized spacial score (nSPS) is 26.3. The van der Waals surface area contributed by atoms with E-state index >= 15 is 4.79 Å². The first kappa shape index (κ1) is 47.5. The lowest BCUT2D eigenvalue weighted by Crippen LogP contribution is -2.82. The van der Waals surface area contributed by atoms with Gasteiger partial charge in [0.25, 0.3) is 0 Å². The van der Waals surface area contributed by atoms with Gasteiger partial charge in [0.2, 0.25) is 31.7 Å². The standard InChI is InChI=1S/C39H67N7O12Si/c1-21(2)59(22(3)4,23(5)6)58-39-25(53-39)19-44-29(43-31(49)55-35(10,11)12)45(32(50)56-36(13,14)15)24(20-52-27(40)47)26-38(39,44)46(33(51)57-37(16,17)18)28(41-26)42-30(48)54-34(7,8)9/h21-26H,19-20H2,1-18H3,(H2,40,47)(H,41,42,48)/b43-29+/t24-,25-,26-,38+,39+/m0/s1. The van der Waals surface area contributed by atoms with E-state index in [9.17, 15) is 19.2 Å². The molecule has 0 aromatic carbocycles. The van der Waals surface area contributed by atoms with Gasteiger partial charge < -0.3 is 43.5 Å². The molecule has 0 aromatic heterocycles. The number of guanidine groups is 2. The highest BCUT2D eigenvalue weighted by molar-refractivity contribution is 6.77. The third-order valence-electron chi connectivity index (χ3n) is 10.1. The number of hydrogen-bond donors (Lipinski definition) is 2. The molecule has 0 aromatic rings. The summed E-state index contributed by atoms with van der Waals surface area (Å²) < 4.78 is 43.0. The van der Waals surface area contributed by atoms with Crippen LogP contribution >= 0.6 is 0 Å². The summed E-state index contributed by atoms with van der Waals surface area (Å²) in [5.41, 5.74) is -0.689. The van der Waals surface area contributed by atoms with Gasteiger partial charge >= 0.3 is 30.5 Å². The van der Waals surface area contributed by atoms with E-state index in [1.807, 2.05) is 0 Å². The van der Waals surface area contributed by atoms with Crippen molar-refractivity contribution < 1.29 is 56.8 Å². The summed E-state index contributed by atoms with van der Waals surface area (Å²) in [4.78, 5) is 82.7. The molecule has 20 heteroatoms. The van der Waals surface area contributed by atoms with Gasteiger partial charge in [-0.2, -0.15) is 0 Å². The third kappa shape index (κ3) is 9.28. The molecule has 1 spiro atoms. The van der Waals surface area contributed by atoms with Gasteiger partial charge in [0.15, 0.2) is 0 Å². The highest BCUT2D eigenvalue weighted by Gasteiger charge is 2.90. The number of hydrogen-bond acceptors (Lipinski definition) is 13. The van der Waals surface area contributed by atoms with Gasteiger partial charge in [-0.15, -0.1) is 4.99 Å². The summed E-state index contributed by atoms with van der Waals surface area (Å²) in [5, 5.41) is 2.65. The Labute approximate surface area is 349 Å². The second kappa shape index (κ2) is 15.7. The number of rotatable bonds is 7. The summed E-state index contributed by atoms with van der Waals surface area (Å²) in [6, 6.07) is -2.86. The van der Waals surface area contributed by atoms with E-state index < -0.39 is 97.4 Å². The third-order valence-corrected chi connectivity index (χ3v) is 16.2. The summed E-state index contributed by atoms with van der Waals surface area (Å²) in [7, 11) is -3.01. The minimum atomic E-state index is -3.01. The molecule has 19 nitrogen and oxygen atoms in total. The van der Waals surface area contributed by atoms with Gasteiger partial charge in [0.1, 0.15) is 47.2 Å². The molecule has 0 unspecified atom stereocenters. The van der Waals surface area contributed by atoms with Gasteiger partial charge in [0.05, 0.1) is 6.54 Å². The molecule has 334 valence electrons. The number of epoxide rings is 1. The average Bonchev–Trinajstić information content (AvgIpc) is 3.48. The number of alkyl carbamates (subject to hydrolysis) is 1. The first-order valence-electron chi connectivity index (χ1n) is 20.2. The van der Waals surface area contributed by atoms with Crippen molar-refractivity contribution in [3.8, 4) is 0 Å². The number of nitrogens with zero attached hydrogens (tertiary/aromatic N) is 5. The minimum absolute atomic E-state index is 0.00646. The van der Waals surface area contributed by atoms with Crippen molar-refractivity contribution in [1.82, 2.24) is 20.0 Å². The van der Waals surface area contributed by atoms with Crippen molar-refractivity contribution >= 4 is 50.7 Å². The van der Waals surface area contributed by atoms with Crippen molar-refractivity contribution in [3.63, 3.8) is 0 Å². The molecule has 4 aliphatic rings. The lowest BCUT2D eigenvalue weighted by molar-refractivity contribution is -0.155. The Balaban J connectivity index is 2.21. The molecule has 0 bridgehead atoms. The number of primary amides is 1. The van der Waals surface area contributed by atoms with E-state index in [1.165, 1.54) is 4.90 Å². The number of aliphatic imine (C=N–C) groups is 2. The Morgan fingerprint density at radius 3 is 1.76 bits per heavy atom. The van der Waals surface area contributed by atoms with Crippen molar-refractivity contribution in [2.24, 2.45) is 15.7 Å². The fourth-order valence-electron chi connectivity index (χ4n) is 8.51. The fraction of sp³-hybridized carbons (Fsp3) is 0.821. The highest BCUT2D eigenvalue weighted by atomic mass is 28.4. The van der Waals surface area contributed by atoms with Gasteiger partial charge in [-0.25, -0.2) is 38.8 Å². The Morgan fingerprint density at radius 1 is 0.814 bits per heavy atom. The van der Waals surface area contributed by atoms with Crippen LogP contribution in [0.5, 0.6) is 0 Å². The minimum Gasteiger partial charge on any atom is -0.447 e. The molecule has 4 aliphatic heterocycles. The fourth-order valence-corrected chi connectivity index (χ4v) is 14.1. The molecule has 59 heavy (non-hydrogen) atoms. The number of nitrogens with one attached hydrogen (secondary N) is 1. The molecule has 3 fully saturated rings. The molecule has 5 amide bonds. The quantitative estimate of drug-likeness (QED) is 0.153. The van der Waals surface area contributed by atoms with Crippen LogP contribution in [-0.4, -0.2) is 131 Å². The van der Waals surface area contributed by atoms with Crippen LogP contribution in [0.3, 0.4) is 0 Å². The zero-order valence-corrected chi connectivity index (χ0v) is 39.1. The largest absolute Gasteiger partial charge is 0.447 e. The molecule has 3 N–H and O–H groups in total. The highest BCUT2D eigenvalue weighted by Crippen LogP contribution is 2.65. The van der Waals surface area contributed by atoms with Crippen LogP contribution < -0.4 is 11.1 Å². The molecule has 0 radical (unpaired) electrons. The number of nitrogens with two attached hydrogens (primary N) is 1. The zero-order valence-electron chi connectivity index (χ0n) is 38.1. The number of morpholine rings is 1. The van der Waals surface area contributed by atoms with E-state index in [-0.39, 0.29) is 35.1 Å². The first-order valence-corrected chi connectivity index (χ1v) is 22.3. The Hall–Kier alpha value is -4.17. The molecule has 3 saturated heterocycles. The molecule has 4 rings (SSSR count). The Morgan fingerprint density at radius 2 is 1.31 bits per heavy atom. The van der Waals surface area contributed by atoms with E-state index in [1.54, 1.807) is 83.1 Å². The predicted octanol–water partition coefficient (Wildman–Crippen LogP) is 6.79. The van der Waals surface area contributed by atoms with Crippen LogP contribution in [0, 0.1) is 0 Å². The van der Waals surface area contributed by atoms with E-state index in [0.29, 0.717) is 0 Å². The maximum atomic E-state index is 15.1. The van der Waals surface area contributed by atoms with Crippen LogP contribution in [0.2, 0.25) is 16.6 Å². The van der Waals surface area contributed by atoms with E-state index in [0.717, 1.165) is 9.80 Å². The van der Waals surface area contributed by atoms with Crippen LogP contribution in [0.15, 0.2) is 9.98 Å². The van der Waals surface area contributed by atoms with Gasteiger partial charge in [0, 0.05) is 0 Å². The number of fused-ring (bicyclic) bond motifs is 1. The van der Waals surface area contributed by atoms with Gasteiger partial charge in [-0.05, 0) is 99.7 Å². The summed E-state index contributed by atoms with van der Waals surface area (Å²) in [6.45, 7) is 31.6. The number of ether oxygens (including phenoxy) is 6. The lowest BCUT2D eigenvalue weighted by atomic mass is 9.85. The molecular weight excluding hydrogens is 787 g/mol. The second-order valence-corrected chi connectivity index (χ2v) is 25.7. The topological polar surface area (TPSA) is 226 Å². The predicted molar refractivity (Wildman–Crippen MR) is 219 cm³/mol. The second-order valence-electron chi connectivity index (χ2n) is 20.3. The Kier molecular flexibility index (Phi) is 12.6. The van der Waals surface area contributed by atoms with Gasteiger partial charge in [-0.1, -0.05) is 41.5 Å². The first-order chi connectivity index (χ1) is 26.6. The zero-order chi connectivity index (χ0) is 45.2. The van der Waals surface area contributed by atoms with Crippen LogP contribution in [-0.2, 0) is 32.8 Å². The number of carbonyl (C=O) groups excluding carboxylic acids is 5. The molecular formula is C39H67N7O12Si. The number of amides is 5. The maximum absolute atomic E-state index is 15.1. The Bertz CT molecular complexity index is 1720. The van der Waals surface area contributed by atoms with Crippen molar-refractivity contribution in [2.75, 3.05) is 13.2 Å². The molecule has 0 saturated carbocycles. The van der Waals surface area contributed by atoms with Crippen molar-refractivity contribution in [3.05, 3.63) is 0 Å². The van der Waals surface area contributed by atoms with Crippen LogP contribution in [0.25, 0.3) is 0 Å². The van der Waals surface area contributed by atoms with Crippen LogP contribution in [0.4, 0.5) is 24.0 Å². The van der Waals surface area contributed by atoms with Gasteiger partial charge in [-0.3, -0.25) is 5.32 Å². The average molecular weight is 854 g/mol. The number of carbonyl (C=O) groups is 5. The summed E-state index contributed by atoms with van der Waals surface area (Å²) in [5.74, 6) is -2.48. The SMILES string of the molecule is CC(C)[Si](O[C@]12O[C@H]1CN1/C(=N\C(=O)OC(C)(C)C)N(C(=O)OC(C)(C)C)[C@@H](COC(N)=O)[C@@H]3N=C(NC(=O)OC(C)(C)C)N(C(=O)OC(C)(C)C)[C@@]312)(C(C)C)C(C)C. The monoisotopic (exact) mass is 853 g/mol.